The van der Waals surface area contributed by atoms with Gasteiger partial charge in [0.25, 0.3) is 10.0 Å². The Hall–Kier alpha value is -1.93. The van der Waals surface area contributed by atoms with Crippen molar-refractivity contribution in [2.75, 3.05) is 17.4 Å². The van der Waals surface area contributed by atoms with Gasteiger partial charge in [-0.05, 0) is 69.2 Å². The Labute approximate surface area is 195 Å². The van der Waals surface area contributed by atoms with Gasteiger partial charge in [-0.2, -0.15) is 5.06 Å². The van der Waals surface area contributed by atoms with Crippen LogP contribution in [0.1, 0.15) is 45.6 Å². The Morgan fingerprint density at radius 2 is 1.81 bits per heavy atom. The van der Waals surface area contributed by atoms with E-state index < -0.39 is 10.0 Å². The molecule has 0 aliphatic carbocycles. The lowest BCUT2D eigenvalue weighted by molar-refractivity contribution is -0.241. The highest BCUT2D eigenvalue weighted by Crippen LogP contribution is 2.40. The number of benzene rings is 2. The third-order valence-electron chi connectivity index (χ3n) is 6.29. The molecule has 0 spiro atoms. The molecule has 1 fully saturated rings. The zero-order valence-corrected chi connectivity index (χ0v) is 20.9. The van der Waals surface area contributed by atoms with Crippen molar-refractivity contribution in [2.24, 2.45) is 0 Å². The van der Waals surface area contributed by atoms with Gasteiger partial charge in [0.1, 0.15) is 5.00 Å². The molecule has 4 rings (SSSR count). The van der Waals surface area contributed by atoms with Crippen molar-refractivity contribution in [1.82, 2.24) is 5.06 Å². The van der Waals surface area contributed by atoms with Crippen LogP contribution in [-0.4, -0.2) is 38.2 Å². The average molecular weight is 473 g/mol. The molecule has 2 heterocycles. The summed E-state index contributed by atoms with van der Waals surface area (Å²) in [5.74, 6) is 0. The number of fused-ring (bicyclic) bond motifs is 1. The van der Waals surface area contributed by atoms with Gasteiger partial charge >= 0.3 is 0 Å². The van der Waals surface area contributed by atoms with Gasteiger partial charge in [-0.3, -0.25) is 9.14 Å². The molecule has 1 aromatic heterocycles. The molecule has 2 aromatic carbocycles. The molecule has 7 heteroatoms. The highest BCUT2D eigenvalue weighted by atomic mass is 32.2. The second-order valence-corrected chi connectivity index (χ2v) is 11.9. The third kappa shape index (κ3) is 4.57. The molecule has 172 valence electrons. The Morgan fingerprint density at radius 3 is 2.50 bits per heavy atom. The normalized spacial score (nSPS) is 17.8. The largest absolute Gasteiger partial charge is 0.293 e. The van der Waals surface area contributed by atoms with Crippen LogP contribution in [0.4, 0.5) is 5.00 Å². The highest BCUT2D eigenvalue weighted by Gasteiger charge is 2.36. The van der Waals surface area contributed by atoms with Gasteiger partial charge in [0.05, 0.1) is 23.1 Å². The van der Waals surface area contributed by atoms with E-state index in [4.69, 9.17) is 4.84 Å². The molecule has 32 heavy (non-hydrogen) atoms. The number of sulfonamides is 1. The van der Waals surface area contributed by atoms with Crippen LogP contribution in [0.15, 0.2) is 59.5 Å². The van der Waals surface area contributed by atoms with Crippen molar-refractivity contribution >= 4 is 36.4 Å². The van der Waals surface area contributed by atoms with Gasteiger partial charge in [0.2, 0.25) is 0 Å². The first-order valence-corrected chi connectivity index (χ1v) is 13.5. The standard InChI is InChI=1S/C25H32N2O3S2/c1-5-25(3,4)30-26-17-11-12-20(26)18-27(32(28,29)21-13-7-6-8-14-21)24-19(2)22-15-9-10-16-23(22)31-24/h6-10,13-16,20H,5,11-12,17-18H2,1-4H3. The summed E-state index contributed by atoms with van der Waals surface area (Å²) < 4.78 is 30.5. The molecule has 3 aromatic rings. The Kier molecular flexibility index (Phi) is 6.63. The molecule has 0 N–H and O–H groups in total. The molecule has 0 bridgehead atoms. The molecule has 1 aliphatic rings. The smallest absolute Gasteiger partial charge is 0.265 e. The minimum atomic E-state index is -3.72. The summed E-state index contributed by atoms with van der Waals surface area (Å²) in [5, 5.41) is 3.91. The van der Waals surface area contributed by atoms with E-state index in [1.165, 1.54) is 0 Å². The third-order valence-corrected chi connectivity index (χ3v) is 9.48. The average Bonchev–Trinajstić information content (AvgIpc) is 3.36. The van der Waals surface area contributed by atoms with Gasteiger partial charge in [0.15, 0.2) is 0 Å². The highest BCUT2D eigenvalue weighted by molar-refractivity contribution is 7.93. The molecule has 1 aliphatic heterocycles. The van der Waals surface area contributed by atoms with E-state index in [-0.39, 0.29) is 11.6 Å². The van der Waals surface area contributed by atoms with Crippen LogP contribution in [0.25, 0.3) is 10.1 Å². The first-order valence-electron chi connectivity index (χ1n) is 11.2. The molecule has 5 nitrogen and oxygen atoms in total. The number of aryl methyl sites for hydroxylation is 1. The minimum Gasteiger partial charge on any atom is -0.293 e. The van der Waals surface area contributed by atoms with Gasteiger partial charge in [-0.15, -0.1) is 11.3 Å². The van der Waals surface area contributed by atoms with E-state index in [9.17, 15) is 8.42 Å². The summed E-state index contributed by atoms with van der Waals surface area (Å²) in [6.07, 6.45) is 2.79. The fourth-order valence-corrected chi connectivity index (χ4v) is 7.11. The Balaban J connectivity index is 1.75. The second-order valence-electron chi connectivity index (χ2n) is 9.02. The van der Waals surface area contributed by atoms with Crippen LogP contribution in [0.3, 0.4) is 0 Å². The van der Waals surface area contributed by atoms with Crippen molar-refractivity contribution in [3.63, 3.8) is 0 Å². The maximum Gasteiger partial charge on any atom is 0.265 e. The van der Waals surface area contributed by atoms with Crippen molar-refractivity contribution < 1.29 is 13.3 Å². The molecular weight excluding hydrogens is 440 g/mol. The summed E-state index contributed by atoms with van der Waals surface area (Å²) in [7, 11) is -3.72. The zero-order valence-electron chi connectivity index (χ0n) is 19.2. The molecule has 0 radical (unpaired) electrons. The number of anilines is 1. The lowest BCUT2D eigenvalue weighted by Crippen LogP contribution is -2.46. The second kappa shape index (κ2) is 9.14. The number of hydroxylamine groups is 2. The van der Waals surface area contributed by atoms with Crippen molar-refractivity contribution in [3.8, 4) is 0 Å². The van der Waals surface area contributed by atoms with Crippen LogP contribution in [0.5, 0.6) is 0 Å². The maximum absolute atomic E-state index is 13.9. The fourth-order valence-electron chi connectivity index (χ4n) is 4.09. The molecule has 1 saturated heterocycles. The molecule has 0 amide bonds. The summed E-state index contributed by atoms with van der Waals surface area (Å²) in [6, 6.07) is 16.9. The molecule has 1 unspecified atom stereocenters. The quantitative estimate of drug-likeness (QED) is 0.404. The van der Waals surface area contributed by atoms with E-state index in [1.54, 1.807) is 39.9 Å². The number of hydrogen-bond donors (Lipinski definition) is 0. The summed E-state index contributed by atoms with van der Waals surface area (Å²) in [5.41, 5.74) is 0.726. The van der Waals surface area contributed by atoms with Gasteiger partial charge in [0, 0.05) is 11.2 Å². The van der Waals surface area contributed by atoms with Crippen LogP contribution >= 0.6 is 11.3 Å². The van der Waals surface area contributed by atoms with Crippen molar-refractivity contribution in [1.29, 1.82) is 0 Å². The Morgan fingerprint density at radius 1 is 1.12 bits per heavy atom. The predicted molar refractivity (Wildman–Crippen MR) is 133 cm³/mol. The SMILES string of the molecule is CCC(C)(C)ON1CCCC1CN(c1sc2ccccc2c1C)S(=O)(=O)c1ccccc1. The monoisotopic (exact) mass is 472 g/mol. The maximum atomic E-state index is 13.9. The van der Waals surface area contributed by atoms with Crippen molar-refractivity contribution in [3.05, 3.63) is 60.2 Å². The lowest BCUT2D eigenvalue weighted by Gasteiger charge is -2.35. The molecule has 1 atom stereocenters. The first-order chi connectivity index (χ1) is 15.2. The zero-order chi connectivity index (χ0) is 22.9. The number of thiophene rings is 1. The van der Waals surface area contributed by atoms with E-state index in [0.717, 1.165) is 46.5 Å². The summed E-state index contributed by atoms with van der Waals surface area (Å²) >= 11 is 1.54. The lowest BCUT2D eigenvalue weighted by atomic mass is 10.1. The van der Waals surface area contributed by atoms with Crippen LogP contribution in [0.2, 0.25) is 0 Å². The van der Waals surface area contributed by atoms with Gasteiger partial charge in [-0.25, -0.2) is 8.42 Å². The Bertz CT molecular complexity index is 1170. The first kappa shape index (κ1) is 23.2. The summed E-state index contributed by atoms with van der Waals surface area (Å²) in [6.45, 7) is 9.47. The molecular formula is C25H32N2O3S2. The van der Waals surface area contributed by atoms with Crippen LogP contribution in [-0.2, 0) is 14.9 Å². The summed E-state index contributed by atoms with van der Waals surface area (Å²) in [4.78, 5) is 6.64. The van der Waals surface area contributed by atoms with Crippen molar-refractivity contribution in [2.45, 2.75) is 63.5 Å². The number of hydrogen-bond acceptors (Lipinski definition) is 5. The van der Waals surface area contributed by atoms with E-state index >= 15 is 0 Å². The molecule has 0 saturated carbocycles. The van der Waals surface area contributed by atoms with Crippen LogP contribution in [0, 0.1) is 6.92 Å². The fraction of sp³-hybridized carbons (Fsp3) is 0.440. The van der Waals surface area contributed by atoms with E-state index in [2.05, 4.69) is 32.9 Å². The van der Waals surface area contributed by atoms with E-state index in [1.807, 2.05) is 30.2 Å². The number of rotatable bonds is 8. The van der Waals surface area contributed by atoms with E-state index in [0.29, 0.717) is 11.4 Å². The number of nitrogens with zero attached hydrogens (tertiary/aromatic N) is 2. The topological polar surface area (TPSA) is 49.9 Å². The van der Waals surface area contributed by atoms with Gasteiger partial charge < -0.3 is 0 Å². The van der Waals surface area contributed by atoms with Crippen LogP contribution < -0.4 is 4.31 Å². The predicted octanol–water partition coefficient (Wildman–Crippen LogP) is 5.99. The van der Waals surface area contributed by atoms with Gasteiger partial charge in [-0.1, -0.05) is 43.3 Å². The minimum absolute atomic E-state index is 0.00363.